The first-order valence-electron chi connectivity index (χ1n) is 5.06. The van der Waals surface area contributed by atoms with Crippen molar-refractivity contribution in [2.24, 2.45) is 0 Å². The molecule has 1 aliphatic rings. The Hall–Kier alpha value is -2.14. The summed E-state index contributed by atoms with van der Waals surface area (Å²) >= 11 is 0. The average molecular weight is 269 g/mol. The van der Waals surface area contributed by atoms with Crippen molar-refractivity contribution in [1.29, 1.82) is 0 Å². The van der Waals surface area contributed by atoms with Crippen molar-refractivity contribution in [3.63, 3.8) is 0 Å². The minimum atomic E-state index is -2.21. The first-order chi connectivity index (χ1) is 8.50. The average Bonchev–Trinajstić information content (AvgIpc) is 2.33. The molecule has 0 aromatic heterocycles. The quantitative estimate of drug-likeness (QED) is 0.538. The molecule has 0 saturated carbocycles. The summed E-state index contributed by atoms with van der Waals surface area (Å²) in [5.74, 6) is -0.706. The van der Waals surface area contributed by atoms with Gasteiger partial charge in [0.1, 0.15) is 6.04 Å². The second-order valence-electron chi connectivity index (χ2n) is 3.68. The van der Waals surface area contributed by atoms with E-state index in [1.54, 1.807) is 12.1 Å². The third kappa shape index (κ3) is 2.12. The Morgan fingerprint density at radius 2 is 2.11 bits per heavy atom. The molecule has 2 unspecified atom stereocenters. The van der Waals surface area contributed by atoms with E-state index >= 15 is 0 Å². The van der Waals surface area contributed by atoms with Gasteiger partial charge in [0.05, 0.1) is 6.54 Å². The minimum absolute atomic E-state index is 0.0364. The van der Waals surface area contributed by atoms with E-state index in [9.17, 15) is 19.3 Å². The van der Waals surface area contributed by atoms with Gasteiger partial charge in [0.25, 0.3) is 11.2 Å². The molecule has 8 heteroatoms. The van der Waals surface area contributed by atoms with Crippen molar-refractivity contribution in [3.05, 3.63) is 24.3 Å². The van der Waals surface area contributed by atoms with Crippen LogP contribution >= 0.6 is 7.95 Å². The van der Waals surface area contributed by atoms with Crippen LogP contribution in [0.2, 0.25) is 0 Å². The molecule has 0 aliphatic carbocycles. The number of para-hydroxylation sites is 1. The molecular formula is C10H10N2O5P+. The summed E-state index contributed by atoms with van der Waals surface area (Å²) < 4.78 is 13.0. The Morgan fingerprint density at radius 3 is 2.67 bits per heavy atom. The number of aromatic hydroxyl groups is 1. The number of β-lactam (4-membered cyclic amide) rings is 1. The Bertz CT molecular complexity index is 533. The molecule has 2 rings (SSSR count). The number of carboxylic acid groups (broad SMARTS) is 1. The first-order valence-corrected chi connectivity index (χ1v) is 6.28. The number of carbonyl (C=O) groups is 2. The largest absolute Gasteiger partial charge is 0.508 e. The van der Waals surface area contributed by atoms with E-state index in [0.717, 1.165) is 4.67 Å². The molecular weight excluding hydrogens is 259 g/mol. The predicted octanol–water partition coefficient (Wildman–Crippen LogP) is 0.238. The molecule has 1 aromatic rings. The van der Waals surface area contributed by atoms with Crippen molar-refractivity contribution in [1.82, 2.24) is 9.99 Å². The van der Waals surface area contributed by atoms with E-state index in [0.29, 0.717) is 0 Å². The van der Waals surface area contributed by atoms with Crippen LogP contribution in [-0.2, 0) is 9.36 Å². The van der Waals surface area contributed by atoms with Gasteiger partial charge in [-0.05, 0) is 16.7 Å². The summed E-state index contributed by atoms with van der Waals surface area (Å²) in [5.41, 5.74) is 0. The van der Waals surface area contributed by atoms with Crippen LogP contribution < -0.4 is 10.6 Å². The zero-order valence-electron chi connectivity index (χ0n) is 9.11. The van der Waals surface area contributed by atoms with E-state index < -0.39 is 26.0 Å². The SMILES string of the molecule is O=C(O)NC1CN([P+](=O)c2ccccc2O)C1=O. The van der Waals surface area contributed by atoms with Crippen LogP contribution in [-0.4, -0.2) is 39.5 Å². The van der Waals surface area contributed by atoms with Gasteiger partial charge in [0.15, 0.2) is 5.75 Å². The van der Waals surface area contributed by atoms with Gasteiger partial charge < -0.3 is 15.5 Å². The number of hydrogen-bond donors (Lipinski definition) is 3. The molecule has 2 atom stereocenters. The summed E-state index contributed by atoms with van der Waals surface area (Å²) in [7, 11) is -2.21. The molecule has 0 radical (unpaired) electrons. The lowest BCUT2D eigenvalue weighted by molar-refractivity contribution is -0.136. The standard InChI is InChI=1S/C10H9N2O5P/c13-7-3-1-2-4-8(7)18(17)12-5-6(9(12)14)11-10(15)16/h1-4,6,11H,5H2,(H-,13,15,16,17)/p+1. The zero-order chi connectivity index (χ0) is 13.3. The van der Waals surface area contributed by atoms with E-state index in [2.05, 4.69) is 0 Å². The van der Waals surface area contributed by atoms with Gasteiger partial charge in [-0.25, -0.2) is 4.79 Å². The second kappa shape index (κ2) is 4.62. The smallest absolute Gasteiger partial charge is 0.504 e. The van der Waals surface area contributed by atoms with Gasteiger partial charge in [-0.3, -0.25) is 4.79 Å². The number of benzene rings is 1. The second-order valence-corrected chi connectivity index (χ2v) is 5.19. The highest BCUT2D eigenvalue weighted by atomic mass is 31.1. The minimum Gasteiger partial charge on any atom is -0.504 e. The summed E-state index contributed by atoms with van der Waals surface area (Å²) in [5, 5.41) is 20.1. The lowest BCUT2D eigenvalue weighted by atomic mass is 10.2. The first kappa shape index (κ1) is 12.3. The highest BCUT2D eigenvalue weighted by molar-refractivity contribution is 7.52. The maximum absolute atomic E-state index is 12.0. The van der Waals surface area contributed by atoms with E-state index in [4.69, 9.17) is 5.11 Å². The molecule has 1 aromatic carbocycles. The fourth-order valence-corrected chi connectivity index (χ4v) is 2.96. The summed E-state index contributed by atoms with van der Waals surface area (Å²) in [4.78, 5) is 21.9. The van der Waals surface area contributed by atoms with Crippen molar-refractivity contribution in [2.75, 3.05) is 6.54 Å². The highest BCUT2D eigenvalue weighted by Gasteiger charge is 2.51. The Balaban J connectivity index is 2.08. The van der Waals surface area contributed by atoms with E-state index in [1.165, 1.54) is 12.1 Å². The van der Waals surface area contributed by atoms with Crippen LogP contribution in [0, 0.1) is 0 Å². The molecule has 0 spiro atoms. The molecule has 1 fully saturated rings. The number of phenolic OH excluding ortho intramolecular Hbond substituents is 1. The lowest BCUT2D eigenvalue weighted by Crippen LogP contribution is -2.61. The fourth-order valence-electron chi connectivity index (χ4n) is 1.58. The van der Waals surface area contributed by atoms with Crippen LogP contribution in [0.25, 0.3) is 0 Å². The van der Waals surface area contributed by atoms with Gasteiger partial charge in [-0.2, -0.15) is 0 Å². The van der Waals surface area contributed by atoms with Crippen LogP contribution in [0.3, 0.4) is 0 Å². The monoisotopic (exact) mass is 269 g/mol. The third-order valence-corrected chi connectivity index (χ3v) is 4.10. The Morgan fingerprint density at radius 1 is 1.44 bits per heavy atom. The third-order valence-electron chi connectivity index (χ3n) is 2.51. The Labute approximate surface area is 103 Å². The molecule has 18 heavy (non-hydrogen) atoms. The molecule has 1 aliphatic heterocycles. The number of nitrogens with one attached hydrogen (secondary N) is 1. The number of rotatable bonds is 3. The number of nitrogens with zero attached hydrogens (tertiary/aromatic N) is 1. The Kier molecular flexibility index (Phi) is 3.16. The normalized spacial score (nSPS) is 19.1. The lowest BCUT2D eigenvalue weighted by Gasteiger charge is -2.28. The van der Waals surface area contributed by atoms with E-state index in [-0.39, 0.29) is 17.6 Å². The summed E-state index contributed by atoms with van der Waals surface area (Å²) in [6, 6.07) is 5.15. The fraction of sp³-hybridized carbons (Fsp3) is 0.200. The van der Waals surface area contributed by atoms with Crippen molar-refractivity contribution in [3.8, 4) is 5.75 Å². The molecule has 1 saturated heterocycles. The number of amides is 2. The van der Waals surface area contributed by atoms with Gasteiger partial charge in [-0.15, -0.1) is 4.67 Å². The molecule has 2 amide bonds. The number of carbonyl (C=O) groups excluding carboxylic acids is 1. The topological polar surface area (TPSA) is 107 Å². The highest BCUT2D eigenvalue weighted by Crippen LogP contribution is 2.35. The molecule has 94 valence electrons. The van der Waals surface area contributed by atoms with Crippen LogP contribution in [0.4, 0.5) is 4.79 Å². The van der Waals surface area contributed by atoms with Crippen molar-refractivity contribution >= 4 is 25.3 Å². The van der Waals surface area contributed by atoms with Crippen LogP contribution in [0.15, 0.2) is 24.3 Å². The molecule has 7 nitrogen and oxygen atoms in total. The maximum atomic E-state index is 12.0. The van der Waals surface area contributed by atoms with Gasteiger partial charge in [0, 0.05) is 0 Å². The van der Waals surface area contributed by atoms with Crippen molar-refractivity contribution < 1.29 is 24.4 Å². The van der Waals surface area contributed by atoms with Gasteiger partial charge in [-0.1, -0.05) is 12.1 Å². The van der Waals surface area contributed by atoms with Crippen LogP contribution in [0.1, 0.15) is 0 Å². The van der Waals surface area contributed by atoms with Gasteiger partial charge in [0.2, 0.25) is 0 Å². The zero-order valence-corrected chi connectivity index (χ0v) is 10.0. The maximum Gasteiger partial charge on any atom is 0.508 e. The molecule has 3 N–H and O–H groups in total. The summed E-state index contributed by atoms with van der Waals surface area (Å²) in [6.45, 7) is 0.0364. The van der Waals surface area contributed by atoms with Crippen LogP contribution in [0.5, 0.6) is 5.75 Å². The number of hydrogen-bond acceptors (Lipinski definition) is 4. The molecule has 1 heterocycles. The van der Waals surface area contributed by atoms with E-state index in [1.807, 2.05) is 5.32 Å². The predicted molar refractivity (Wildman–Crippen MR) is 62.0 cm³/mol. The summed E-state index contributed by atoms with van der Waals surface area (Å²) in [6.07, 6.45) is -1.30. The molecule has 0 bridgehead atoms. The van der Waals surface area contributed by atoms with Gasteiger partial charge >= 0.3 is 14.0 Å². The number of phenols is 1. The van der Waals surface area contributed by atoms with Crippen molar-refractivity contribution in [2.45, 2.75) is 6.04 Å².